The lowest BCUT2D eigenvalue weighted by atomic mass is 9.83. The number of piperidine rings is 1. The van der Waals surface area contributed by atoms with Gasteiger partial charge in [-0.1, -0.05) is 24.2 Å². The van der Waals surface area contributed by atoms with Gasteiger partial charge in [0.15, 0.2) is 0 Å². The summed E-state index contributed by atoms with van der Waals surface area (Å²) >= 11 is 6.41. The summed E-state index contributed by atoms with van der Waals surface area (Å²) in [4.78, 5) is 40.3. The van der Waals surface area contributed by atoms with Crippen LogP contribution in [0.4, 0.5) is 0 Å². The summed E-state index contributed by atoms with van der Waals surface area (Å²) in [6.07, 6.45) is 0.912. The molecule has 1 saturated heterocycles. The van der Waals surface area contributed by atoms with Crippen LogP contribution in [0, 0.1) is 12.8 Å². The van der Waals surface area contributed by atoms with Crippen LogP contribution in [-0.4, -0.2) is 35.1 Å². The van der Waals surface area contributed by atoms with Gasteiger partial charge in [0.25, 0.3) is 5.56 Å². The molecule has 0 spiro atoms. The molecule has 8 heteroatoms. The molecule has 1 aromatic carbocycles. The Balaban J connectivity index is 1.40. The van der Waals surface area contributed by atoms with Crippen molar-refractivity contribution in [3.63, 3.8) is 0 Å². The van der Waals surface area contributed by atoms with Crippen molar-refractivity contribution >= 4 is 28.5 Å². The molecule has 4 heterocycles. The molecule has 182 valence electrons. The highest BCUT2D eigenvalue weighted by Crippen LogP contribution is 2.36. The van der Waals surface area contributed by atoms with Gasteiger partial charge in [-0.2, -0.15) is 0 Å². The molecule has 0 N–H and O–H groups in total. The number of amides is 1. The number of aryl methyl sites for hydroxylation is 1. The Morgan fingerprint density at radius 1 is 1.23 bits per heavy atom. The van der Waals surface area contributed by atoms with Crippen LogP contribution in [0.3, 0.4) is 0 Å². The van der Waals surface area contributed by atoms with E-state index in [4.69, 9.17) is 20.8 Å². The number of pyridine rings is 1. The van der Waals surface area contributed by atoms with E-state index in [0.29, 0.717) is 59.1 Å². The maximum absolute atomic E-state index is 13.3. The monoisotopic (exact) mass is 494 g/mol. The van der Waals surface area contributed by atoms with E-state index in [2.05, 4.69) is 6.58 Å². The third-order valence-corrected chi connectivity index (χ3v) is 7.27. The summed E-state index contributed by atoms with van der Waals surface area (Å²) in [6, 6.07) is 8.63. The van der Waals surface area contributed by atoms with Crippen LogP contribution in [0.2, 0.25) is 5.02 Å². The van der Waals surface area contributed by atoms with Crippen molar-refractivity contribution in [2.75, 3.05) is 19.7 Å². The molecular weight excluding hydrogens is 468 g/mol. The fourth-order valence-electron chi connectivity index (χ4n) is 5.27. The number of benzene rings is 1. The molecule has 0 unspecified atom stereocenters. The second kappa shape index (κ2) is 9.04. The number of rotatable bonds is 5. The topological polar surface area (TPSA) is 81.8 Å². The Morgan fingerprint density at radius 2 is 2.03 bits per heavy atom. The van der Waals surface area contributed by atoms with Gasteiger partial charge in [0.1, 0.15) is 17.9 Å². The van der Waals surface area contributed by atoms with Gasteiger partial charge in [-0.25, -0.2) is 4.79 Å². The third-order valence-electron chi connectivity index (χ3n) is 6.97. The van der Waals surface area contributed by atoms with Crippen molar-refractivity contribution in [1.29, 1.82) is 0 Å². The zero-order valence-electron chi connectivity index (χ0n) is 19.8. The van der Waals surface area contributed by atoms with E-state index in [1.165, 1.54) is 0 Å². The summed E-state index contributed by atoms with van der Waals surface area (Å²) in [5.41, 5.74) is 2.66. The van der Waals surface area contributed by atoms with E-state index < -0.39 is 5.63 Å². The predicted molar refractivity (Wildman–Crippen MR) is 134 cm³/mol. The molecule has 0 radical (unpaired) electrons. The van der Waals surface area contributed by atoms with Gasteiger partial charge >= 0.3 is 5.63 Å². The van der Waals surface area contributed by atoms with Gasteiger partial charge in [-0.05, 0) is 49.5 Å². The van der Waals surface area contributed by atoms with E-state index in [9.17, 15) is 14.4 Å². The number of carbonyl (C=O) groups excluding carboxylic acids is 1. The van der Waals surface area contributed by atoms with E-state index in [-0.39, 0.29) is 29.7 Å². The average molecular weight is 495 g/mol. The predicted octanol–water partition coefficient (Wildman–Crippen LogP) is 4.06. The first kappa shape index (κ1) is 23.4. The van der Waals surface area contributed by atoms with E-state index >= 15 is 0 Å². The highest BCUT2D eigenvalue weighted by Gasteiger charge is 2.36. The number of likely N-dealkylation sites (tertiary alicyclic amines) is 1. The summed E-state index contributed by atoms with van der Waals surface area (Å²) in [6.45, 7) is 9.48. The fraction of sp³-hybridized carbons (Fsp3) is 0.370. The molecule has 2 aliphatic rings. The number of aromatic nitrogens is 1. The molecule has 2 bridgehead atoms. The van der Waals surface area contributed by atoms with Gasteiger partial charge in [-0.3, -0.25) is 9.59 Å². The van der Waals surface area contributed by atoms with Crippen LogP contribution in [0.5, 0.6) is 5.75 Å². The van der Waals surface area contributed by atoms with Gasteiger partial charge in [0.2, 0.25) is 5.91 Å². The number of hydrogen-bond donors (Lipinski definition) is 0. The Hall–Kier alpha value is -3.32. The van der Waals surface area contributed by atoms with E-state index in [0.717, 1.165) is 17.7 Å². The Bertz CT molecular complexity index is 1470. The minimum atomic E-state index is -0.536. The first-order valence-corrected chi connectivity index (χ1v) is 12.1. The van der Waals surface area contributed by atoms with Gasteiger partial charge in [0.05, 0.1) is 17.0 Å². The van der Waals surface area contributed by atoms with Crippen LogP contribution in [0.1, 0.15) is 36.1 Å². The maximum atomic E-state index is 13.3. The Labute approximate surface area is 207 Å². The molecular formula is C27H27ClN2O5. The number of carbonyl (C=O) groups is 1. The molecule has 1 amide bonds. The van der Waals surface area contributed by atoms with Crippen molar-refractivity contribution in [3.8, 4) is 5.75 Å². The van der Waals surface area contributed by atoms with E-state index in [1.54, 1.807) is 31.2 Å². The van der Waals surface area contributed by atoms with Crippen LogP contribution in [0.15, 0.2) is 56.5 Å². The summed E-state index contributed by atoms with van der Waals surface area (Å²) in [5, 5.41) is 1.06. The molecule has 0 saturated carbocycles. The zero-order valence-corrected chi connectivity index (χ0v) is 20.6. The Morgan fingerprint density at radius 3 is 2.80 bits per heavy atom. The molecule has 2 aromatic heterocycles. The summed E-state index contributed by atoms with van der Waals surface area (Å²) < 4.78 is 13.1. The van der Waals surface area contributed by atoms with Crippen molar-refractivity contribution in [1.82, 2.24) is 9.47 Å². The molecule has 5 rings (SSSR count). The average Bonchev–Trinajstić information content (AvgIpc) is 2.81. The van der Waals surface area contributed by atoms with Gasteiger partial charge < -0.3 is 18.6 Å². The largest absolute Gasteiger partial charge is 0.488 e. The molecule has 2 aliphatic heterocycles. The number of ether oxygens (including phenoxy) is 1. The highest BCUT2D eigenvalue weighted by atomic mass is 35.5. The van der Waals surface area contributed by atoms with Crippen LogP contribution >= 0.6 is 11.6 Å². The van der Waals surface area contributed by atoms with Crippen LogP contribution in [-0.2, 0) is 17.8 Å². The minimum absolute atomic E-state index is 0.00761. The Kier molecular flexibility index (Phi) is 6.05. The molecule has 3 aromatic rings. The van der Waals surface area contributed by atoms with Crippen LogP contribution < -0.4 is 15.9 Å². The van der Waals surface area contributed by atoms with Gasteiger partial charge in [-0.15, -0.1) is 0 Å². The SMILES string of the molecule is C=C(C)COc1cc2oc(=O)c(CC(=O)N3C[C@H]4C[C@H](C3)c3cccc(=O)n3C4)c(C)c2cc1Cl. The molecule has 35 heavy (non-hydrogen) atoms. The first-order valence-electron chi connectivity index (χ1n) is 11.7. The van der Waals surface area contributed by atoms with Crippen molar-refractivity contribution in [2.45, 2.75) is 39.2 Å². The number of fused-ring (bicyclic) bond motifs is 5. The molecule has 2 atom stereocenters. The first-order chi connectivity index (χ1) is 16.7. The lowest BCUT2D eigenvalue weighted by Crippen LogP contribution is -2.49. The fourth-order valence-corrected chi connectivity index (χ4v) is 5.49. The lowest BCUT2D eigenvalue weighted by molar-refractivity contribution is -0.133. The molecule has 7 nitrogen and oxygen atoms in total. The molecule has 0 aliphatic carbocycles. The third kappa shape index (κ3) is 4.41. The van der Waals surface area contributed by atoms with E-state index in [1.807, 2.05) is 22.5 Å². The second-order valence-electron chi connectivity index (χ2n) is 9.69. The standard InChI is InChI=1S/C27H27ClN2O5/c1-15(2)14-34-24-10-23-19(8-21(24)28)16(3)20(27(33)35-23)9-26(32)29-11-17-7-18(13-29)22-5-4-6-25(31)30(22)12-17/h4-6,8,10,17-18H,1,7,9,11-14H2,2-3H3/t17-,18-/m1/s1. The number of hydrogen-bond acceptors (Lipinski definition) is 5. The lowest BCUT2D eigenvalue weighted by Gasteiger charge is -2.42. The minimum Gasteiger partial charge on any atom is -0.488 e. The smallest absolute Gasteiger partial charge is 0.340 e. The van der Waals surface area contributed by atoms with Crippen LogP contribution in [0.25, 0.3) is 11.0 Å². The second-order valence-corrected chi connectivity index (χ2v) is 10.1. The van der Waals surface area contributed by atoms with Crippen molar-refractivity contribution < 1.29 is 13.9 Å². The normalized spacial score (nSPS) is 18.9. The summed E-state index contributed by atoms with van der Waals surface area (Å²) in [5.74, 6) is 0.628. The zero-order chi connectivity index (χ0) is 24.9. The van der Waals surface area contributed by atoms with Gasteiger partial charge in [0, 0.05) is 48.8 Å². The quantitative estimate of drug-likeness (QED) is 0.394. The molecule has 1 fully saturated rings. The summed E-state index contributed by atoms with van der Waals surface area (Å²) in [7, 11) is 0. The van der Waals surface area contributed by atoms with Crippen molar-refractivity contribution in [2.24, 2.45) is 5.92 Å². The maximum Gasteiger partial charge on any atom is 0.340 e. The highest BCUT2D eigenvalue weighted by molar-refractivity contribution is 6.32. The number of halogens is 1. The number of nitrogens with zero attached hydrogens (tertiary/aromatic N) is 2. The van der Waals surface area contributed by atoms with Crippen molar-refractivity contribution in [3.05, 3.63) is 85.1 Å².